The Morgan fingerprint density at radius 1 is 0.621 bits per heavy atom. The van der Waals surface area contributed by atoms with Gasteiger partial charge < -0.3 is 4.79 Å². The molecule has 0 aromatic heterocycles. The third kappa shape index (κ3) is 5.02. The molecule has 0 aliphatic rings. The Bertz CT molecular complexity index is 804. The minimum absolute atomic E-state index is 0. The number of hydrogen-bond acceptors (Lipinski definition) is 3. The maximum Gasteiger partial charge on any atom is 0.198 e. The summed E-state index contributed by atoms with van der Waals surface area (Å²) in [5, 5.41) is 3.15. The van der Waals surface area contributed by atoms with E-state index in [2.05, 4.69) is 6.79 Å². The van der Waals surface area contributed by atoms with Gasteiger partial charge in [-0.15, -0.1) is 0 Å². The van der Waals surface area contributed by atoms with Crippen LogP contribution in [0.5, 0.6) is 0 Å². The van der Waals surface area contributed by atoms with Crippen LogP contribution in [0.3, 0.4) is 0 Å². The number of ketones is 2. The van der Waals surface area contributed by atoms with Gasteiger partial charge in [0.25, 0.3) is 0 Å². The molecule has 0 saturated heterocycles. The zero-order valence-electron chi connectivity index (χ0n) is 16.3. The summed E-state index contributed by atoms with van der Waals surface area (Å²) in [7, 11) is -2.47. The van der Waals surface area contributed by atoms with E-state index >= 15 is 0 Å². The van der Waals surface area contributed by atoms with Gasteiger partial charge in [-0.3, -0.25) is 16.4 Å². The van der Waals surface area contributed by atoms with Crippen LogP contribution >= 0.6 is 7.26 Å². The maximum atomic E-state index is 12.8. The first-order valence-corrected chi connectivity index (χ1v) is 10.7. The first-order chi connectivity index (χ1) is 13.6. The van der Waals surface area contributed by atoms with Crippen LogP contribution in [0.4, 0.5) is 0 Å². The Balaban J connectivity index is 0.00000136. The van der Waals surface area contributed by atoms with E-state index in [0.29, 0.717) is 0 Å². The van der Waals surface area contributed by atoms with Crippen LogP contribution in [0.25, 0.3) is 0 Å². The fourth-order valence-corrected chi connectivity index (χ4v) is 8.52. The molecular formula is C24H23O3PRh. The molecule has 0 heterocycles. The zero-order chi connectivity index (χ0) is 20.6. The van der Waals surface area contributed by atoms with Crippen molar-refractivity contribution >= 4 is 41.5 Å². The summed E-state index contributed by atoms with van der Waals surface area (Å²) in [6, 6.07) is 30.1. The van der Waals surface area contributed by atoms with Crippen molar-refractivity contribution in [3.05, 3.63) is 91.0 Å². The molecular weight excluding hydrogens is 470 g/mol. The molecule has 0 bridgehead atoms. The first kappa shape index (κ1) is 24.8. The van der Waals surface area contributed by atoms with Gasteiger partial charge in [0.05, 0.1) is 0 Å². The van der Waals surface area contributed by atoms with Gasteiger partial charge in [0, 0.05) is 19.5 Å². The van der Waals surface area contributed by atoms with Gasteiger partial charge >= 0.3 is 0 Å². The van der Waals surface area contributed by atoms with Gasteiger partial charge in [-0.25, -0.2) is 0 Å². The van der Waals surface area contributed by atoms with Crippen LogP contribution in [0, 0.1) is 0 Å². The number of carbonyl (C=O) groups is 2. The van der Waals surface area contributed by atoms with Crippen molar-refractivity contribution in [2.45, 2.75) is 19.5 Å². The smallest absolute Gasteiger partial charge is 0.198 e. The molecule has 0 fully saturated rings. The van der Waals surface area contributed by atoms with E-state index < -0.39 is 12.9 Å². The minimum Gasteiger partial charge on any atom is -0.545 e. The van der Waals surface area contributed by atoms with Crippen LogP contribution in [0.15, 0.2) is 91.0 Å². The molecule has 29 heavy (non-hydrogen) atoms. The monoisotopic (exact) mass is 493 g/mol. The van der Waals surface area contributed by atoms with Crippen molar-refractivity contribution in [3.8, 4) is 0 Å². The normalized spacial score (nSPS) is 10.3. The van der Waals surface area contributed by atoms with Crippen molar-refractivity contribution in [2.24, 2.45) is 0 Å². The third-order valence-electron chi connectivity index (χ3n) is 4.65. The third-order valence-corrected chi connectivity index (χ3v) is 9.49. The molecule has 151 valence electrons. The van der Waals surface area contributed by atoms with E-state index in [0.717, 1.165) is 15.9 Å². The predicted molar refractivity (Wildman–Crippen MR) is 117 cm³/mol. The van der Waals surface area contributed by atoms with Crippen LogP contribution in [-0.2, 0) is 33.9 Å². The molecule has 1 radical (unpaired) electrons. The maximum absolute atomic E-state index is 12.8. The van der Waals surface area contributed by atoms with Crippen molar-refractivity contribution in [2.75, 3.05) is 0 Å². The fourth-order valence-electron chi connectivity index (χ4n) is 3.72. The molecule has 3 nitrogen and oxygen atoms in total. The standard InChI is InChI=1S/C23H22O2P.CHO.Rh/c1-18(24)23(19(2)25)26(20-12-6-3-7-13-20,21-14-8-4-9-15-21)22-16-10-5-11-17-22;1-2;/h3-17,23H,1-2H3;1H;/q+1;-1;. The fraction of sp³-hybridized carbons (Fsp3) is 0.125. The Labute approximate surface area is 185 Å². The number of hydrogen-bond donors (Lipinski definition) is 0. The summed E-state index contributed by atoms with van der Waals surface area (Å²) in [5.74, 6) is -0.162. The Morgan fingerprint density at radius 2 is 0.862 bits per heavy atom. The van der Waals surface area contributed by atoms with Gasteiger partial charge in [-0.05, 0) is 50.2 Å². The van der Waals surface area contributed by atoms with Gasteiger partial charge in [0.1, 0.15) is 23.2 Å². The topological polar surface area (TPSA) is 51.2 Å². The molecule has 3 aromatic rings. The second kappa shape index (κ2) is 11.7. The van der Waals surface area contributed by atoms with E-state index in [1.165, 1.54) is 13.8 Å². The van der Waals surface area contributed by atoms with Crippen LogP contribution in [0.2, 0.25) is 0 Å². The molecule has 0 saturated carbocycles. The SMILES string of the molecule is CC(=O)C(C(C)=O)[P+](c1ccccc1)(c1ccccc1)c1ccccc1.[CH-]=O.[Rh]. The van der Waals surface area contributed by atoms with Crippen molar-refractivity contribution in [3.63, 3.8) is 0 Å². The predicted octanol–water partition coefficient (Wildman–Crippen LogP) is 3.25. The van der Waals surface area contributed by atoms with Gasteiger partial charge in [-0.1, -0.05) is 54.6 Å². The average molecular weight is 493 g/mol. The summed E-state index contributed by atoms with van der Waals surface area (Å²) < 4.78 is 0. The van der Waals surface area contributed by atoms with Gasteiger partial charge in [0.2, 0.25) is 0 Å². The van der Waals surface area contributed by atoms with Crippen LogP contribution in [0.1, 0.15) is 13.8 Å². The molecule has 5 heteroatoms. The molecule has 0 N–H and O–H groups in total. The molecule has 0 aliphatic carbocycles. The average Bonchev–Trinajstić information content (AvgIpc) is 2.74. The summed E-state index contributed by atoms with van der Waals surface area (Å²) in [4.78, 5) is 33.3. The minimum atomic E-state index is -2.47. The molecule has 0 spiro atoms. The molecule has 3 aromatic carbocycles. The molecule has 3 rings (SSSR count). The summed E-state index contributed by atoms with van der Waals surface area (Å²) in [6.07, 6.45) is 0. The largest absolute Gasteiger partial charge is 0.545 e. The van der Waals surface area contributed by atoms with E-state index in [1.807, 2.05) is 91.0 Å². The van der Waals surface area contributed by atoms with Crippen LogP contribution < -0.4 is 15.9 Å². The Hall–Kier alpha value is -2.28. The van der Waals surface area contributed by atoms with E-state index in [9.17, 15) is 9.59 Å². The van der Waals surface area contributed by atoms with Crippen molar-refractivity contribution < 1.29 is 33.9 Å². The second-order valence-corrected chi connectivity index (χ2v) is 9.86. The summed E-state index contributed by atoms with van der Waals surface area (Å²) in [5.41, 5.74) is -0.685. The molecule has 0 atom stereocenters. The van der Waals surface area contributed by atoms with Gasteiger partial charge in [-0.2, -0.15) is 0 Å². The number of Topliss-reactive ketones (excluding diaryl/α,β-unsaturated/α-hetero) is 2. The summed E-state index contributed by atoms with van der Waals surface area (Å²) >= 11 is 0. The van der Waals surface area contributed by atoms with E-state index in [1.54, 1.807) is 0 Å². The first-order valence-electron chi connectivity index (χ1n) is 8.88. The summed E-state index contributed by atoms with van der Waals surface area (Å²) in [6.45, 7) is 6.32. The number of carbonyl (C=O) groups excluding carboxylic acids is 3. The van der Waals surface area contributed by atoms with Crippen molar-refractivity contribution in [1.82, 2.24) is 0 Å². The number of rotatable bonds is 6. The molecule has 0 amide bonds. The zero-order valence-corrected chi connectivity index (χ0v) is 18.9. The van der Waals surface area contributed by atoms with E-state index in [-0.39, 0.29) is 31.0 Å². The van der Waals surface area contributed by atoms with E-state index in [4.69, 9.17) is 4.79 Å². The Kier molecular flexibility index (Phi) is 9.95. The van der Waals surface area contributed by atoms with Crippen LogP contribution in [-0.4, -0.2) is 24.0 Å². The number of benzene rings is 3. The quantitative estimate of drug-likeness (QED) is 0.174. The molecule has 0 aliphatic heterocycles. The van der Waals surface area contributed by atoms with Gasteiger partial charge in [0.15, 0.2) is 17.2 Å². The second-order valence-electron chi connectivity index (χ2n) is 6.35. The van der Waals surface area contributed by atoms with Crippen molar-refractivity contribution in [1.29, 1.82) is 0 Å². The molecule has 0 unspecified atom stereocenters. The Morgan fingerprint density at radius 3 is 1.07 bits per heavy atom.